The molecular formula is C15H14O2P-. The quantitative estimate of drug-likeness (QED) is 0.793. The topological polar surface area (TPSA) is 40.1 Å². The van der Waals surface area contributed by atoms with Crippen molar-refractivity contribution in [3.05, 3.63) is 59.2 Å². The van der Waals surface area contributed by atoms with Gasteiger partial charge in [-0.2, -0.15) is 0 Å². The summed E-state index contributed by atoms with van der Waals surface area (Å²) < 4.78 is 0. The van der Waals surface area contributed by atoms with Gasteiger partial charge < -0.3 is 5.11 Å². The zero-order valence-corrected chi connectivity index (χ0v) is 11.4. The highest BCUT2D eigenvalue weighted by Crippen LogP contribution is 2.21. The Kier molecular flexibility index (Phi) is 3.78. The molecule has 0 radical (unpaired) electrons. The maximum absolute atomic E-state index is 12.1. The third kappa shape index (κ3) is 2.96. The molecule has 2 aromatic rings. The van der Waals surface area contributed by atoms with Crippen molar-refractivity contribution >= 4 is 19.4 Å². The van der Waals surface area contributed by atoms with E-state index in [1.54, 1.807) is 12.1 Å². The van der Waals surface area contributed by atoms with Gasteiger partial charge in [0.25, 0.3) is 0 Å². The lowest BCUT2D eigenvalue weighted by atomic mass is 10.2. The van der Waals surface area contributed by atoms with Crippen molar-refractivity contribution in [3.63, 3.8) is 0 Å². The Labute approximate surface area is 108 Å². The first-order valence-corrected chi connectivity index (χ1v) is 6.72. The fraction of sp³-hybridized carbons (Fsp3) is 0.133. The fourth-order valence-electron chi connectivity index (χ4n) is 1.67. The zero-order chi connectivity index (χ0) is 13.1. The standard InChI is InChI=1S/C15H15O2P/c1-10-3-4-11(2)14(9-10)18-15(17)12-5-7-13(16)8-6-12/h3-9,16,18H,1-2H3/p-1. The molecule has 18 heavy (non-hydrogen) atoms. The largest absolute Gasteiger partial charge is 0.872 e. The van der Waals surface area contributed by atoms with Gasteiger partial charge in [0.15, 0.2) is 5.52 Å². The van der Waals surface area contributed by atoms with E-state index in [-0.39, 0.29) is 19.9 Å². The van der Waals surface area contributed by atoms with E-state index in [0.717, 1.165) is 16.4 Å². The predicted molar refractivity (Wildman–Crippen MR) is 74.1 cm³/mol. The molecule has 0 aromatic heterocycles. The van der Waals surface area contributed by atoms with Crippen LogP contribution in [0.25, 0.3) is 0 Å². The van der Waals surface area contributed by atoms with Crippen molar-refractivity contribution in [1.82, 2.24) is 0 Å². The average molecular weight is 257 g/mol. The molecule has 0 fully saturated rings. The van der Waals surface area contributed by atoms with E-state index in [9.17, 15) is 9.90 Å². The van der Waals surface area contributed by atoms with E-state index in [1.807, 2.05) is 32.0 Å². The number of hydrogen-bond acceptors (Lipinski definition) is 2. The summed E-state index contributed by atoms with van der Waals surface area (Å²) >= 11 is 0. The second kappa shape index (κ2) is 5.32. The van der Waals surface area contributed by atoms with E-state index in [2.05, 4.69) is 0 Å². The second-order valence-corrected chi connectivity index (χ2v) is 5.54. The van der Waals surface area contributed by atoms with Crippen LogP contribution in [0.5, 0.6) is 5.75 Å². The van der Waals surface area contributed by atoms with Gasteiger partial charge in [0.05, 0.1) is 0 Å². The van der Waals surface area contributed by atoms with Crippen molar-refractivity contribution in [2.24, 2.45) is 0 Å². The molecule has 0 aliphatic heterocycles. The molecule has 0 amide bonds. The average Bonchev–Trinajstić information content (AvgIpc) is 2.34. The van der Waals surface area contributed by atoms with Gasteiger partial charge >= 0.3 is 0 Å². The molecule has 0 saturated carbocycles. The van der Waals surface area contributed by atoms with Crippen LogP contribution < -0.4 is 10.4 Å². The smallest absolute Gasteiger partial charge is 0.185 e. The summed E-state index contributed by atoms with van der Waals surface area (Å²) in [6.45, 7) is 4.03. The summed E-state index contributed by atoms with van der Waals surface area (Å²) in [5.74, 6) is -0.0679. The monoisotopic (exact) mass is 257 g/mol. The van der Waals surface area contributed by atoms with Crippen LogP contribution >= 0.6 is 8.58 Å². The summed E-state index contributed by atoms with van der Waals surface area (Å²) in [5, 5.41) is 12.1. The third-order valence-electron chi connectivity index (χ3n) is 2.76. The van der Waals surface area contributed by atoms with Crippen LogP contribution in [0.15, 0.2) is 42.5 Å². The lowest BCUT2D eigenvalue weighted by molar-refractivity contribution is -0.268. The van der Waals surface area contributed by atoms with Crippen molar-refractivity contribution in [3.8, 4) is 5.75 Å². The van der Waals surface area contributed by atoms with E-state index in [4.69, 9.17) is 0 Å². The summed E-state index contributed by atoms with van der Waals surface area (Å²) in [6, 6.07) is 12.2. The van der Waals surface area contributed by atoms with Crippen LogP contribution in [-0.4, -0.2) is 5.52 Å². The first kappa shape index (κ1) is 12.8. The highest BCUT2D eigenvalue weighted by molar-refractivity contribution is 7.66. The highest BCUT2D eigenvalue weighted by Gasteiger charge is 2.08. The van der Waals surface area contributed by atoms with Gasteiger partial charge in [-0.25, -0.2) is 0 Å². The Bertz CT molecular complexity index is 574. The first-order valence-electron chi connectivity index (χ1n) is 5.72. The molecule has 92 valence electrons. The summed E-state index contributed by atoms with van der Waals surface area (Å²) in [4.78, 5) is 12.1. The van der Waals surface area contributed by atoms with Crippen molar-refractivity contribution in [2.75, 3.05) is 0 Å². The SMILES string of the molecule is Cc1ccc(C)c(PC(=O)c2ccc([O-])cc2)c1. The molecule has 1 unspecified atom stereocenters. The minimum absolute atomic E-state index is 0.0679. The second-order valence-electron chi connectivity index (χ2n) is 4.30. The Morgan fingerprint density at radius 3 is 2.39 bits per heavy atom. The van der Waals surface area contributed by atoms with Crippen LogP contribution in [0.4, 0.5) is 0 Å². The molecule has 2 rings (SSSR count). The van der Waals surface area contributed by atoms with Crippen molar-refractivity contribution < 1.29 is 9.90 Å². The normalized spacial score (nSPS) is 11.0. The van der Waals surface area contributed by atoms with Crippen LogP contribution in [0.2, 0.25) is 0 Å². The molecular weight excluding hydrogens is 243 g/mol. The molecule has 0 aliphatic carbocycles. The number of carbonyl (C=O) groups is 1. The minimum Gasteiger partial charge on any atom is -0.872 e. The summed E-state index contributed by atoms with van der Waals surface area (Å²) in [6.07, 6.45) is 0. The van der Waals surface area contributed by atoms with Gasteiger partial charge in [0.1, 0.15) is 0 Å². The molecule has 0 N–H and O–H groups in total. The van der Waals surface area contributed by atoms with Gasteiger partial charge in [0.2, 0.25) is 0 Å². The van der Waals surface area contributed by atoms with E-state index < -0.39 is 0 Å². The minimum atomic E-state index is -0.0679. The molecule has 1 atom stereocenters. The number of carbonyl (C=O) groups excluding carboxylic acids is 1. The van der Waals surface area contributed by atoms with E-state index in [0.29, 0.717) is 5.56 Å². The predicted octanol–water partition coefficient (Wildman–Crippen LogP) is 2.52. The number of aryl methyl sites for hydroxylation is 2. The lowest BCUT2D eigenvalue weighted by Crippen LogP contribution is -2.05. The van der Waals surface area contributed by atoms with Crippen molar-refractivity contribution in [1.29, 1.82) is 0 Å². The van der Waals surface area contributed by atoms with Gasteiger partial charge in [-0.15, -0.1) is 5.75 Å². The molecule has 0 heterocycles. The number of rotatable bonds is 3. The van der Waals surface area contributed by atoms with Gasteiger partial charge in [-0.3, -0.25) is 4.79 Å². The van der Waals surface area contributed by atoms with E-state index >= 15 is 0 Å². The van der Waals surface area contributed by atoms with E-state index in [1.165, 1.54) is 12.1 Å². The molecule has 2 nitrogen and oxygen atoms in total. The lowest BCUT2D eigenvalue weighted by Gasteiger charge is -2.08. The molecule has 3 heteroatoms. The highest BCUT2D eigenvalue weighted by atomic mass is 31.1. The maximum atomic E-state index is 12.1. The van der Waals surface area contributed by atoms with Crippen LogP contribution in [0.1, 0.15) is 21.5 Å². The Balaban J connectivity index is 2.21. The molecule has 2 aromatic carbocycles. The summed E-state index contributed by atoms with van der Waals surface area (Å²) in [5.41, 5.74) is 2.97. The van der Waals surface area contributed by atoms with Crippen molar-refractivity contribution in [2.45, 2.75) is 13.8 Å². The number of hydrogen-bond donors (Lipinski definition) is 0. The fourth-order valence-corrected chi connectivity index (χ4v) is 2.81. The number of benzene rings is 2. The van der Waals surface area contributed by atoms with Crippen LogP contribution in [-0.2, 0) is 0 Å². The Morgan fingerprint density at radius 1 is 1.06 bits per heavy atom. The molecule has 0 aliphatic rings. The third-order valence-corrected chi connectivity index (χ3v) is 4.08. The maximum Gasteiger partial charge on any atom is 0.185 e. The van der Waals surface area contributed by atoms with Gasteiger partial charge in [-0.05, 0) is 33.3 Å². The molecule has 0 saturated heterocycles. The molecule has 0 bridgehead atoms. The van der Waals surface area contributed by atoms with Gasteiger partial charge in [0, 0.05) is 5.56 Å². The Hall–Kier alpha value is -1.66. The van der Waals surface area contributed by atoms with Gasteiger partial charge in [-0.1, -0.05) is 48.0 Å². The van der Waals surface area contributed by atoms with Crippen LogP contribution in [0, 0.1) is 13.8 Å². The summed E-state index contributed by atoms with van der Waals surface area (Å²) in [7, 11) is 0.107. The Morgan fingerprint density at radius 2 is 1.72 bits per heavy atom. The van der Waals surface area contributed by atoms with Crippen LogP contribution in [0.3, 0.4) is 0 Å². The zero-order valence-electron chi connectivity index (χ0n) is 10.4. The first-order chi connectivity index (χ1) is 8.56. The molecule has 0 spiro atoms.